The summed E-state index contributed by atoms with van der Waals surface area (Å²) in [6, 6.07) is 1.60. The summed E-state index contributed by atoms with van der Waals surface area (Å²) in [5.74, 6) is 0. The highest BCUT2D eigenvalue weighted by atomic mass is 15.2. The van der Waals surface area contributed by atoms with Crippen molar-refractivity contribution < 1.29 is 0 Å². The normalized spacial score (nSPS) is 32.2. The van der Waals surface area contributed by atoms with E-state index in [4.69, 9.17) is 5.73 Å². The minimum Gasteiger partial charge on any atom is -0.327 e. The molecule has 1 aliphatic rings. The largest absolute Gasteiger partial charge is 0.327 e. The Hall–Kier alpha value is -0.0800. The molecule has 0 aromatic heterocycles. The highest BCUT2D eigenvalue weighted by molar-refractivity contribution is 4.83. The summed E-state index contributed by atoms with van der Waals surface area (Å²) in [4.78, 5) is 2.52. The second-order valence-electron chi connectivity index (χ2n) is 3.83. The number of likely N-dealkylation sites (tertiary alicyclic amines) is 1. The quantitative estimate of drug-likeness (QED) is 0.651. The maximum absolute atomic E-state index is 5.84. The van der Waals surface area contributed by atoms with E-state index < -0.39 is 0 Å². The van der Waals surface area contributed by atoms with E-state index in [1.54, 1.807) is 0 Å². The molecule has 0 bridgehead atoms. The van der Waals surface area contributed by atoms with Crippen molar-refractivity contribution in [1.29, 1.82) is 0 Å². The van der Waals surface area contributed by atoms with E-state index in [2.05, 4.69) is 25.7 Å². The standard InChI is InChI=1S/C9H20N2/c1-7-5-4-6-11(7)9(3)8(2)10/h7-9H,4-6,10H2,1-3H3. The minimum atomic E-state index is 0.301. The molecule has 2 heteroatoms. The van der Waals surface area contributed by atoms with Gasteiger partial charge in [-0.1, -0.05) is 0 Å². The predicted octanol–water partition coefficient (Wildman–Crippen LogP) is 1.21. The highest BCUT2D eigenvalue weighted by Crippen LogP contribution is 2.20. The van der Waals surface area contributed by atoms with Gasteiger partial charge in [-0.3, -0.25) is 4.90 Å². The number of hydrogen-bond acceptors (Lipinski definition) is 2. The van der Waals surface area contributed by atoms with Crippen molar-refractivity contribution in [2.24, 2.45) is 5.73 Å². The predicted molar refractivity (Wildman–Crippen MR) is 48.5 cm³/mol. The Morgan fingerprint density at radius 2 is 2.09 bits per heavy atom. The number of nitrogens with two attached hydrogens (primary N) is 1. The first-order chi connectivity index (χ1) is 5.13. The first kappa shape index (κ1) is 9.01. The van der Waals surface area contributed by atoms with Crippen LogP contribution < -0.4 is 5.73 Å². The third kappa shape index (κ3) is 1.94. The van der Waals surface area contributed by atoms with Gasteiger partial charge in [-0.25, -0.2) is 0 Å². The van der Waals surface area contributed by atoms with Crippen LogP contribution in [0.15, 0.2) is 0 Å². The molecule has 0 aromatic carbocycles. The summed E-state index contributed by atoms with van der Waals surface area (Å²) in [7, 11) is 0. The van der Waals surface area contributed by atoms with E-state index >= 15 is 0 Å². The van der Waals surface area contributed by atoms with E-state index in [9.17, 15) is 0 Å². The van der Waals surface area contributed by atoms with Crippen molar-refractivity contribution in [2.45, 2.75) is 51.7 Å². The van der Waals surface area contributed by atoms with Crippen molar-refractivity contribution >= 4 is 0 Å². The van der Waals surface area contributed by atoms with Crippen LogP contribution in [0.2, 0.25) is 0 Å². The summed E-state index contributed by atoms with van der Waals surface area (Å²) >= 11 is 0. The molecule has 0 saturated carbocycles. The molecule has 11 heavy (non-hydrogen) atoms. The second kappa shape index (κ2) is 3.55. The fourth-order valence-electron chi connectivity index (χ4n) is 1.86. The van der Waals surface area contributed by atoms with Crippen molar-refractivity contribution in [3.8, 4) is 0 Å². The van der Waals surface area contributed by atoms with Gasteiger partial charge in [-0.2, -0.15) is 0 Å². The van der Waals surface area contributed by atoms with Crippen LogP contribution in [-0.4, -0.2) is 29.6 Å². The Morgan fingerprint density at radius 1 is 1.45 bits per heavy atom. The molecule has 2 nitrogen and oxygen atoms in total. The van der Waals surface area contributed by atoms with Gasteiger partial charge < -0.3 is 5.73 Å². The zero-order chi connectivity index (χ0) is 8.43. The van der Waals surface area contributed by atoms with E-state index in [0.29, 0.717) is 12.1 Å². The van der Waals surface area contributed by atoms with Crippen molar-refractivity contribution in [3.63, 3.8) is 0 Å². The van der Waals surface area contributed by atoms with E-state index in [1.807, 2.05) is 0 Å². The fraction of sp³-hybridized carbons (Fsp3) is 1.00. The first-order valence-corrected chi connectivity index (χ1v) is 4.64. The van der Waals surface area contributed by atoms with Gasteiger partial charge in [0.1, 0.15) is 0 Å². The average Bonchev–Trinajstić information content (AvgIpc) is 2.33. The fourth-order valence-corrected chi connectivity index (χ4v) is 1.86. The average molecular weight is 156 g/mol. The van der Waals surface area contributed by atoms with E-state index in [1.165, 1.54) is 19.4 Å². The lowest BCUT2D eigenvalue weighted by Gasteiger charge is -2.30. The molecule has 1 saturated heterocycles. The van der Waals surface area contributed by atoms with E-state index in [-0.39, 0.29) is 0 Å². The Morgan fingerprint density at radius 3 is 2.45 bits per heavy atom. The lowest BCUT2D eigenvalue weighted by atomic mass is 10.1. The van der Waals surface area contributed by atoms with Gasteiger partial charge >= 0.3 is 0 Å². The lowest BCUT2D eigenvalue weighted by molar-refractivity contribution is 0.183. The number of hydrogen-bond donors (Lipinski definition) is 1. The van der Waals surface area contributed by atoms with Crippen LogP contribution in [0.3, 0.4) is 0 Å². The van der Waals surface area contributed by atoms with Gasteiger partial charge in [-0.15, -0.1) is 0 Å². The molecular formula is C9H20N2. The third-order valence-corrected chi connectivity index (χ3v) is 2.89. The lowest BCUT2D eigenvalue weighted by Crippen LogP contribution is -2.45. The topological polar surface area (TPSA) is 29.3 Å². The Labute approximate surface area is 69.8 Å². The van der Waals surface area contributed by atoms with Gasteiger partial charge in [0.05, 0.1) is 0 Å². The number of nitrogens with zero attached hydrogens (tertiary/aromatic N) is 1. The van der Waals surface area contributed by atoms with Crippen molar-refractivity contribution in [1.82, 2.24) is 4.90 Å². The van der Waals surface area contributed by atoms with E-state index in [0.717, 1.165) is 6.04 Å². The van der Waals surface area contributed by atoms with Gasteiger partial charge in [0.25, 0.3) is 0 Å². The molecule has 3 atom stereocenters. The van der Waals surface area contributed by atoms with Crippen LogP contribution in [0.25, 0.3) is 0 Å². The van der Waals surface area contributed by atoms with Crippen LogP contribution in [0, 0.1) is 0 Å². The zero-order valence-electron chi connectivity index (χ0n) is 7.88. The summed E-state index contributed by atoms with van der Waals surface area (Å²) in [5, 5.41) is 0. The van der Waals surface area contributed by atoms with Gasteiger partial charge in [-0.05, 0) is 40.2 Å². The SMILES string of the molecule is CC(N)C(C)N1CCCC1C. The summed E-state index contributed by atoms with van der Waals surface area (Å²) in [6.45, 7) is 7.86. The van der Waals surface area contributed by atoms with Crippen molar-refractivity contribution in [2.75, 3.05) is 6.54 Å². The summed E-state index contributed by atoms with van der Waals surface area (Å²) in [5.41, 5.74) is 5.84. The monoisotopic (exact) mass is 156 g/mol. The maximum Gasteiger partial charge on any atom is 0.0219 e. The molecule has 0 aromatic rings. The molecule has 66 valence electrons. The molecule has 3 unspecified atom stereocenters. The molecule has 0 spiro atoms. The number of rotatable bonds is 2. The molecule has 0 amide bonds. The first-order valence-electron chi connectivity index (χ1n) is 4.64. The summed E-state index contributed by atoms with van der Waals surface area (Å²) < 4.78 is 0. The highest BCUT2D eigenvalue weighted by Gasteiger charge is 2.26. The smallest absolute Gasteiger partial charge is 0.0219 e. The summed E-state index contributed by atoms with van der Waals surface area (Å²) in [6.07, 6.45) is 2.69. The molecule has 0 aliphatic carbocycles. The van der Waals surface area contributed by atoms with Crippen LogP contribution in [0.4, 0.5) is 0 Å². The second-order valence-corrected chi connectivity index (χ2v) is 3.83. The molecule has 2 N–H and O–H groups in total. The van der Waals surface area contributed by atoms with Crippen LogP contribution >= 0.6 is 0 Å². The van der Waals surface area contributed by atoms with Gasteiger partial charge in [0, 0.05) is 18.1 Å². The van der Waals surface area contributed by atoms with Crippen LogP contribution in [-0.2, 0) is 0 Å². The Bertz CT molecular complexity index is 123. The Kier molecular flexibility index (Phi) is 2.90. The zero-order valence-corrected chi connectivity index (χ0v) is 7.88. The molecule has 0 radical (unpaired) electrons. The van der Waals surface area contributed by atoms with Crippen LogP contribution in [0.1, 0.15) is 33.6 Å². The molecule has 1 rings (SSSR count). The van der Waals surface area contributed by atoms with Gasteiger partial charge in [0.15, 0.2) is 0 Å². The maximum atomic E-state index is 5.84. The molecule has 1 aliphatic heterocycles. The Balaban J connectivity index is 2.45. The molecule has 1 fully saturated rings. The van der Waals surface area contributed by atoms with Crippen molar-refractivity contribution in [3.05, 3.63) is 0 Å². The molecular weight excluding hydrogens is 136 g/mol. The third-order valence-electron chi connectivity index (χ3n) is 2.89. The minimum absolute atomic E-state index is 0.301. The van der Waals surface area contributed by atoms with Gasteiger partial charge in [0.2, 0.25) is 0 Å². The van der Waals surface area contributed by atoms with Crippen LogP contribution in [0.5, 0.6) is 0 Å². The molecule has 1 heterocycles.